The van der Waals surface area contributed by atoms with E-state index in [9.17, 15) is 13.5 Å². The third-order valence-electron chi connectivity index (χ3n) is 3.18. The normalized spacial score (nSPS) is 12.0. The van der Waals surface area contributed by atoms with Crippen molar-refractivity contribution >= 4 is 22.6 Å². The van der Waals surface area contributed by atoms with Crippen LogP contribution >= 0.6 is 0 Å². The SMILES string of the molecule is CC(C)c1c(O)cc(/C=C/c2ccccc2)cc1OS(=O)(=O)O. The number of rotatable bonds is 5. The van der Waals surface area contributed by atoms with E-state index >= 15 is 0 Å². The summed E-state index contributed by atoms with van der Waals surface area (Å²) in [4.78, 5) is 0. The van der Waals surface area contributed by atoms with Gasteiger partial charge in [-0.15, -0.1) is 0 Å². The molecule has 0 amide bonds. The van der Waals surface area contributed by atoms with Crippen LogP contribution in [0, 0.1) is 0 Å². The molecular weight excluding hydrogens is 316 g/mol. The summed E-state index contributed by atoms with van der Waals surface area (Å²) in [6.45, 7) is 3.57. The van der Waals surface area contributed by atoms with Gasteiger partial charge in [-0.2, -0.15) is 8.42 Å². The molecule has 2 aromatic rings. The van der Waals surface area contributed by atoms with Crippen molar-refractivity contribution < 1.29 is 22.3 Å². The minimum absolute atomic E-state index is 0.0878. The van der Waals surface area contributed by atoms with Crippen LogP contribution in [-0.4, -0.2) is 18.1 Å². The Morgan fingerprint density at radius 3 is 2.22 bits per heavy atom. The smallest absolute Gasteiger partial charge is 0.446 e. The molecule has 0 bridgehead atoms. The topological polar surface area (TPSA) is 83.8 Å². The fourth-order valence-corrected chi connectivity index (χ4v) is 2.61. The van der Waals surface area contributed by atoms with E-state index in [0.717, 1.165) is 5.56 Å². The zero-order valence-electron chi connectivity index (χ0n) is 12.8. The van der Waals surface area contributed by atoms with E-state index in [2.05, 4.69) is 4.18 Å². The van der Waals surface area contributed by atoms with E-state index in [0.29, 0.717) is 11.1 Å². The monoisotopic (exact) mass is 334 g/mol. The summed E-state index contributed by atoms with van der Waals surface area (Å²) in [6, 6.07) is 12.5. The molecule has 0 heterocycles. The summed E-state index contributed by atoms with van der Waals surface area (Å²) in [6.07, 6.45) is 3.54. The average molecular weight is 334 g/mol. The Kier molecular flexibility index (Phi) is 5.08. The highest BCUT2D eigenvalue weighted by atomic mass is 32.3. The molecule has 0 aromatic heterocycles. The van der Waals surface area contributed by atoms with Gasteiger partial charge in [0.2, 0.25) is 0 Å². The molecule has 5 nitrogen and oxygen atoms in total. The zero-order chi connectivity index (χ0) is 17.0. The standard InChI is InChI=1S/C17H18O5S/c1-12(2)17-15(18)10-14(11-16(17)22-23(19,20)21)9-8-13-6-4-3-5-7-13/h3-12,18H,1-2H3,(H,19,20,21)/b9-8+. The van der Waals surface area contributed by atoms with E-state index in [-0.39, 0.29) is 17.4 Å². The number of phenolic OH excluding ortho intramolecular Hbond substituents is 1. The highest BCUT2D eigenvalue weighted by Crippen LogP contribution is 2.37. The second kappa shape index (κ2) is 6.85. The van der Waals surface area contributed by atoms with Crippen LogP contribution in [0.3, 0.4) is 0 Å². The molecule has 2 N–H and O–H groups in total. The summed E-state index contributed by atoms with van der Waals surface area (Å²) in [5.41, 5.74) is 1.83. The van der Waals surface area contributed by atoms with Crippen LogP contribution in [0.15, 0.2) is 42.5 Å². The fourth-order valence-electron chi connectivity index (χ4n) is 2.25. The first-order valence-electron chi connectivity index (χ1n) is 7.03. The van der Waals surface area contributed by atoms with Crippen molar-refractivity contribution in [1.82, 2.24) is 0 Å². The van der Waals surface area contributed by atoms with Crippen LogP contribution in [0.5, 0.6) is 11.5 Å². The molecule has 0 spiro atoms. The highest BCUT2D eigenvalue weighted by molar-refractivity contribution is 7.81. The highest BCUT2D eigenvalue weighted by Gasteiger charge is 2.18. The van der Waals surface area contributed by atoms with Crippen LogP contribution in [0.2, 0.25) is 0 Å². The Hall–Kier alpha value is -2.31. The molecule has 2 aromatic carbocycles. The molecule has 0 radical (unpaired) electrons. The van der Waals surface area contributed by atoms with E-state index in [1.165, 1.54) is 12.1 Å². The Morgan fingerprint density at radius 1 is 1.04 bits per heavy atom. The van der Waals surface area contributed by atoms with Gasteiger partial charge in [0, 0.05) is 5.56 Å². The Bertz CT molecular complexity index is 808. The van der Waals surface area contributed by atoms with Crippen molar-refractivity contribution in [1.29, 1.82) is 0 Å². The van der Waals surface area contributed by atoms with Crippen molar-refractivity contribution in [2.24, 2.45) is 0 Å². The molecule has 6 heteroatoms. The van der Waals surface area contributed by atoms with Crippen molar-refractivity contribution in [3.63, 3.8) is 0 Å². The van der Waals surface area contributed by atoms with Gasteiger partial charge in [-0.05, 0) is 29.2 Å². The molecule has 0 aliphatic rings. The van der Waals surface area contributed by atoms with Crippen LogP contribution in [0.1, 0.15) is 36.5 Å². The van der Waals surface area contributed by atoms with Gasteiger partial charge < -0.3 is 9.29 Å². The molecule has 0 unspecified atom stereocenters. The summed E-state index contributed by atoms with van der Waals surface area (Å²) in [7, 11) is -4.67. The van der Waals surface area contributed by atoms with Gasteiger partial charge in [0.05, 0.1) is 0 Å². The third kappa shape index (κ3) is 4.84. The zero-order valence-corrected chi connectivity index (χ0v) is 13.6. The molecule has 0 aliphatic carbocycles. The van der Waals surface area contributed by atoms with Crippen LogP contribution in [-0.2, 0) is 10.4 Å². The Morgan fingerprint density at radius 2 is 1.65 bits per heavy atom. The van der Waals surface area contributed by atoms with Crippen LogP contribution in [0.4, 0.5) is 0 Å². The third-order valence-corrected chi connectivity index (χ3v) is 3.57. The molecule has 2 rings (SSSR count). The summed E-state index contributed by atoms with van der Waals surface area (Å²) in [5, 5.41) is 10.1. The quantitative estimate of drug-likeness (QED) is 0.640. The maximum absolute atomic E-state index is 11.0. The van der Waals surface area contributed by atoms with Gasteiger partial charge in [-0.3, -0.25) is 4.55 Å². The Labute approximate surface area is 135 Å². The molecule has 23 heavy (non-hydrogen) atoms. The van der Waals surface area contributed by atoms with Crippen molar-refractivity contribution in [2.75, 3.05) is 0 Å². The number of hydrogen-bond acceptors (Lipinski definition) is 4. The van der Waals surface area contributed by atoms with Crippen LogP contribution < -0.4 is 4.18 Å². The number of phenols is 1. The van der Waals surface area contributed by atoms with E-state index in [4.69, 9.17) is 4.55 Å². The van der Waals surface area contributed by atoms with Gasteiger partial charge in [0.15, 0.2) is 5.75 Å². The fraction of sp³-hybridized carbons (Fsp3) is 0.176. The predicted molar refractivity (Wildman–Crippen MR) is 89.7 cm³/mol. The molecule has 0 atom stereocenters. The first kappa shape index (κ1) is 17.1. The molecule has 0 saturated carbocycles. The molecule has 0 saturated heterocycles. The van der Waals surface area contributed by atoms with E-state index in [1.54, 1.807) is 19.9 Å². The van der Waals surface area contributed by atoms with Crippen molar-refractivity contribution in [3.8, 4) is 11.5 Å². The summed E-state index contributed by atoms with van der Waals surface area (Å²) in [5.74, 6) is -0.358. The van der Waals surface area contributed by atoms with Crippen molar-refractivity contribution in [3.05, 3.63) is 59.2 Å². The van der Waals surface area contributed by atoms with Gasteiger partial charge in [-0.1, -0.05) is 56.3 Å². The minimum atomic E-state index is -4.67. The summed E-state index contributed by atoms with van der Waals surface area (Å²) >= 11 is 0. The second-order valence-corrected chi connectivity index (χ2v) is 6.38. The minimum Gasteiger partial charge on any atom is -0.507 e. The first-order valence-corrected chi connectivity index (χ1v) is 8.39. The first-order chi connectivity index (χ1) is 10.8. The lowest BCUT2D eigenvalue weighted by Gasteiger charge is -2.14. The number of aromatic hydroxyl groups is 1. The molecule has 0 fully saturated rings. The number of benzene rings is 2. The predicted octanol–water partition coefficient (Wildman–Crippen LogP) is 3.87. The second-order valence-electron chi connectivity index (χ2n) is 5.36. The Balaban J connectivity index is 2.44. The van der Waals surface area contributed by atoms with Crippen molar-refractivity contribution in [2.45, 2.75) is 19.8 Å². The van der Waals surface area contributed by atoms with Gasteiger partial charge in [0.1, 0.15) is 5.75 Å². The molecule has 122 valence electrons. The van der Waals surface area contributed by atoms with Gasteiger partial charge >= 0.3 is 10.4 Å². The largest absolute Gasteiger partial charge is 0.507 e. The lowest BCUT2D eigenvalue weighted by atomic mass is 9.98. The van der Waals surface area contributed by atoms with Crippen LogP contribution in [0.25, 0.3) is 12.2 Å². The average Bonchev–Trinajstić information content (AvgIpc) is 2.43. The maximum atomic E-state index is 11.0. The van der Waals surface area contributed by atoms with E-state index < -0.39 is 10.4 Å². The van der Waals surface area contributed by atoms with Gasteiger partial charge in [0.25, 0.3) is 0 Å². The molecular formula is C17H18O5S. The van der Waals surface area contributed by atoms with E-state index in [1.807, 2.05) is 36.4 Å². The molecule has 0 aliphatic heterocycles. The summed E-state index contributed by atoms with van der Waals surface area (Å²) < 4.78 is 35.5. The lowest BCUT2D eigenvalue weighted by Crippen LogP contribution is -2.09. The maximum Gasteiger partial charge on any atom is 0.446 e. The van der Waals surface area contributed by atoms with Gasteiger partial charge in [-0.25, -0.2) is 0 Å². The number of hydrogen-bond donors (Lipinski definition) is 2. The lowest BCUT2D eigenvalue weighted by molar-refractivity contribution is 0.381.